The molecule has 0 saturated carbocycles. The first kappa shape index (κ1) is 12.9. The molecule has 0 amide bonds. The van der Waals surface area contributed by atoms with Crippen molar-refractivity contribution in [2.75, 3.05) is 31.1 Å². The average Bonchev–Trinajstić information content (AvgIpc) is 2.76. The van der Waals surface area contributed by atoms with Gasteiger partial charge >= 0.3 is 0 Å². The minimum absolute atomic E-state index is 0.128. The van der Waals surface area contributed by atoms with Crippen molar-refractivity contribution in [3.63, 3.8) is 0 Å². The van der Waals surface area contributed by atoms with Crippen LogP contribution in [0.1, 0.15) is 37.8 Å². The Morgan fingerprint density at radius 2 is 1.84 bits per heavy atom. The Morgan fingerprint density at radius 1 is 1.11 bits per heavy atom. The smallest absolute Gasteiger partial charge is 0.0366 e. The van der Waals surface area contributed by atoms with Gasteiger partial charge in [0.05, 0.1) is 0 Å². The first-order valence-corrected chi connectivity index (χ1v) is 7.58. The van der Waals surface area contributed by atoms with Gasteiger partial charge in [-0.2, -0.15) is 0 Å². The van der Waals surface area contributed by atoms with Crippen LogP contribution in [-0.4, -0.2) is 37.1 Å². The van der Waals surface area contributed by atoms with Gasteiger partial charge in [-0.25, -0.2) is 0 Å². The van der Waals surface area contributed by atoms with Gasteiger partial charge in [0.15, 0.2) is 0 Å². The van der Waals surface area contributed by atoms with Crippen molar-refractivity contribution in [3.05, 3.63) is 29.8 Å². The van der Waals surface area contributed by atoms with Crippen LogP contribution in [0.5, 0.6) is 0 Å². The van der Waals surface area contributed by atoms with Gasteiger partial charge in [0.25, 0.3) is 0 Å². The van der Waals surface area contributed by atoms with Crippen molar-refractivity contribution in [2.24, 2.45) is 5.73 Å². The normalized spacial score (nSPS) is 26.0. The highest BCUT2D eigenvalue weighted by atomic mass is 15.3. The maximum Gasteiger partial charge on any atom is 0.0366 e. The van der Waals surface area contributed by atoms with Gasteiger partial charge in [-0.05, 0) is 50.4 Å². The molecule has 2 aliphatic rings. The van der Waals surface area contributed by atoms with Crippen molar-refractivity contribution in [3.8, 4) is 0 Å². The van der Waals surface area contributed by atoms with E-state index in [0.717, 1.165) is 6.04 Å². The van der Waals surface area contributed by atoms with E-state index in [1.165, 1.54) is 56.7 Å². The molecular weight excluding hydrogens is 234 g/mol. The van der Waals surface area contributed by atoms with Gasteiger partial charge in [0, 0.05) is 37.4 Å². The molecule has 3 nitrogen and oxygen atoms in total. The second-order valence-corrected chi connectivity index (χ2v) is 6.01. The number of rotatable bonds is 2. The molecule has 2 saturated heterocycles. The highest BCUT2D eigenvalue weighted by Crippen LogP contribution is 2.25. The summed E-state index contributed by atoms with van der Waals surface area (Å²) in [6.45, 7) is 7.00. The molecule has 0 spiro atoms. The van der Waals surface area contributed by atoms with E-state index in [1.54, 1.807) is 0 Å². The van der Waals surface area contributed by atoms with Gasteiger partial charge in [-0.1, -0.05) is 12.1 Å². The molecule has 2 fully saturated rings. The first-order chi connectivity index (χ1) is 9.24. The van der Waals surface area contributed by atoms with Crippen LogP contribution >= 0.6 is 0 Å². The molecule has 2 heterocycles. The summed E-state index contributed by atoms with van der Waals surface area (Å²) in [6, 6.07) is 9.74. The van der Waals surface area contributed by atoms with Crippen molar-refractivity contribution in [1.29, 1.82) is 0 Å². The lowest BCUT2D eigenvalue weighted by molar-refractivity contribution is 0.273. The van der Waals surface area contributed by atoms with Gasteiger partial charge in [0.1, 0.15) is 0 Å². The third kappa shape index (κ3) is 2.77. The fourth-order valence-corrected chi connectivity index (χ4v) is 3.43. The average molecular weight is 259 g/mol. The van der Waals surface area contributed by atoms with Crippen molar-refractivity contribution >= 4 is 5.69 Å². The van der Waals surface area contributed by atoms with Crippen LogP contribution in [0.2, 0.25) is 0 Å². The molecule has 0 bridgehead atoms. The summed E-state index contributed by atoms with van der Waals surface area (Å²) < 4.78 is 0. The molecule has 3 heteroatoms. The zero-order valence-corrected chi connectivity index (χ0v) is 11.9. The van der Waals surface area contributed by atoms with Crippen molar-refractivity contribution in [2.45, 2.75) is 38.3 Å². The van der Waals surface area contributed by atoms with Crippen molar-refractivity contribution < 1.29 is 0 Å². The zero-order valence-electron chi connectivity index (χ0n) is 11.9. The van der Waals surface area contributed by atoms with Crippen molar-refractivity contribution in [1.82, 2.24) is 4.90 Å². The van der Waals surface area contributed by atoms with E-state index >= 15 is 0 Å². The predicted octanol–water partition coefficient (Wildman–Crippen LogP) is 2.38. The first-order valence-electron chi connectivity index (χ1n) is 7.58. The Balaban J connectivity index is 1.73. The summed E-state index contributed by atoms with van der Waals surface area (Å²) in [7, 11) is 0. The Morgan fingerprint density at radius 3 is 2.58 bits per heavy atom. The zero-order chi connectivity index (χ0) is 13.2. The standard InChI is InChI=1S/C16H25N3/c1-13(17)14-5-7-15(8-6-14)19-11-3-10-18-9-2-4-16(18)12-19/h5-8,13,16H,2-4,9-12,17H2,1H3/t13-,16?/m0/s1. The molecule has 0 radical (unpaired) electrons. The molecule has 2 aliphatic heterocycles. The van der Waals surface area contributed by atoms with E-state index in [9.17, 15) is 0 Å². The monoisotopic (exact) mass is 259 g/mol. The SMILES string of the molecule is C[C@H](N)c1ccc(N2CCCN3CCCC3C2)cc1. The Hall–Kier alpha value is -1.06. The van der Waals surface area contributed by atoms with Crippen LogP contribution in [0.15, 0.2) is 24.3 Å². The van der Waals surface area contributed by atoms with E-state index in [2.05, 4.69) is 34.1 Å². The molecule has 1 unspecified atom stereocenters. The van der Waals surface area contributed by atoms with Crippen LogP contribution < -0.4 is 10.6 Å². The maximum atomic E-state index is 5.92. The summed E-state index contributed by atoms with van der Waals surface area (Å²) in [5.74, 6) is 0. The lowest BCUT2D eigenvalue weighted by Crippen LogP contribution is -2.36. The number of nitrogens with two attached hydrogens (primary N) is 1. The van der Waals surface area contributed by atoms with Crippen LogP contribution in [-0.2, 0) is 0 Å². The second-order valence-electron chi connectivity index (χ2n) is 6.01. The van der Waals surface area contributed by atoms with Gasteiger partial charge in [-0.15, -0.1) is 0 Å². The minimum Gasteiger partial charge on any atom is -0.370 e. The highest BCUT2D eigenvalue weighted by Gasteiger charge is 2.28. The third-order valence-electron chi connectivity index (χ3n) is 4.59. The Labute approximate surface area is 116 Å². The minimum atomic E-state index is 0.128. The van der Waals surface area contributed by atoms with Crippen LogP contribution in [0.25, 0.3) is 0 Å². The molecule has 2 N–H and O–H groups in total. The molecule has 1 aromatic rings. The number of hydrogen-bond acceptors (Lipinski definition) is 3. The quantitative estimate of drug-likeness (QED) is 0.885. The lowest BCUT2D eigenvalue weighted by atomic mass is 10.1. The Kier molecular flexibility index (Phi) is 3.76. The van der Waals surface area contributed by atoms with Crippen LogP contribution in [0.4, 0.5) is 5.69 Å². The maximum absolute atomic E-state index is 5.92. The van der Waals surface area contributed by atoms with Crippen LogP contribution in [0.3, 0.4) is 0 Å². The van der Waals surface area contributed by atoms with E-state index in [4.69, 9.17) is 5.73 Å². The van der Waals surface area contributed by atoms with Crippen LogP contribution in [0, 0.1) is 0 Å². The summed E-state index contributed by atoms with van der Waals surface area (Å²) in [5, 5.41) is 0. The summed E-state index contributed by atoms with van der Waals surface area (Å²) in [4.78, 5) is 5.23. The predicted molar refractivity (Wildman–Crippen MR) is 80.5 cm³/mol. The Bertz CT molecular complexity index is 413. The summed E-state index contributed by atoms with van der Waals surface area (Å²) in [5.41, 5.74) is 8.50. The summed E-state index contributed by atoms with van der Waals surface area (Å²) >= 11 is 0. The number of anilines is 1. The van der Waals surface area contributed by atoms with E-state index < -0.39 is 0 Å². The number of nitrogens with zero attached hydrogens (tertiary/aromatic N) is 2. The van der Waals surface area contributed by atoms with E-state index in [-0.39, 0.29) is 6.04 Å². The molecule has 2 atom stereocenters. The fourth-order valence-electron chi connectivity index (χ4n) is 3.43. The number of hydrogen-bond donors (Lipinski definition) is 1. The number of benzene rings is 1. The molecule has 104 valence electrons. The largest absolute Gasteiger partial charge is 0.370 e. The molecule has 19 heavy (non-hydrogen) atoms. The second kappa shape index (κ2) is 5.51. The topological polar surface area (TPSA) is 32.5 Å². The van der Waals surface area contributed by atoms with Gasteiger partial charge in [0.2, 0.25) is 0 Å². The molecular formula is C16H25N3. The fraction of sp³-hybridized carbons (Fsp3) is 0.625. The molecule has 1 aromatic carbocycles. The summed E-state index contributed by atoms with van der Waals surface area (Å²) in [6.07, 6.45) is 4.03. The molecule has 0 aromatic heterocycles. The lowest BCUT2D eigenvalue weighted by Gasteiger charge is -2.27. The molecule has 0 aliphatic carbocycles. The van der Waals surface area contributed by atoms with E-state index in [0.29, 0.717) is 0 Å². The molecule has 3 rings (SSSR count). The highest BCUT2D eigenvalue weighted by molar-refractivity contribution is 5.48. The van der Waals surface area contributed by atoms with Gasteiger partial charge in [-0.3, -0.25) is 4.90 Å². The third-order valence-corrected chi connectivity index (χ3v) is 4.59. The number of fused-ring (bicyclic) bond motifs is 1. The van der Waals surface area contributed by atoms with E-state index in [1.807, 2.05) is 6.92 Å². The van der Waals surface area contributed by atoms with Gasteiger partial charge < -0.3 is 10.6 Å².